The van der Waals surface area contributed by atoms with E-state index in [-0.39, 0.29) is 5.92 Å². The van der Waals surface area contributed by atoms with E-state index in [0.717, 1.165) is 24.3 Å². The van der Waals surface area contributed by atoms with Crippen LogP contribution in [-0.2, 0) is 0 Å². The molecule has 1 saturated carbocycles. The van der Waals surface area contributed by atoms with Crippen molar-refractivity contribution in [2.24, 2.45) is 17.6 Å². The fraction of sp³-hybridized carbons (Fsp3) is 0.625. The van der Waals surface area contributed by atoms with Crippen LogP contribution < -0.4 is 5.73 Å². The zero-order valence-electron chi connectivity index (χ0n) is 11.9. The number of rotatable bonds is 4. The number of hydrogen-bond donors (Lipinski definition) is 2. The van der Waals surface area contributed by atoms with E-state index < -0.39 is 6.10 Å². The molecule has 112 valence electrons. The average molecular weight is 316 g/mol. The minimum atomic E-state index is -0.468. The SMILES string of the molecule is CC1CCC(C(O)C(CN)c2c(Cl)cccc2Cl)CC1. The lowest BCUT2D eigenvalue weighted by molar-refractivity contribution is 0.0549. The van der Waals surface area contributed by atoms with Crippen LogP contribution in [0.5, 0.6) is 0 Å². The number of benzene rings is 1. The predicted octanol–water partition coefficient (Wildman–Crippen LogP) is 4.22. The molecule has 2 unspecified atom stereocenters. The summed E-state index contributed by atoms with van der Waals surface area (Å²) in [5, 5.41) is 11.9. The summed E-state index contributed by atoms with van der Waals surface area (Å²) < 4.78 is 0. The molecule has 0 aliphatic heterocycles. The Hall–Kier alpha value is -0.280. The first-order valence-corrected chi connectivity index (χ1v) is 8.12. The lowest BCUT2D eigenvalue weighted by Crippen LogP contribution is -2.34. The normalized spacial score (nSPS) is 26.2. The molecule has 2 rings (SSSR count). The van der Waals surface area contributed by atoms with Crippen molar-refractivity contribution in [2.45, 2.75) is 44.6 Å². The van der Waals surface area contributed by atoms with Gasteiger partial charge in [0.15, 0.2) is 0 Å². The van der Waals surface area contributed by atoms with E-state index in [1.165, 1.54) is 12.8 Å². The summed E-state index contributed by atoms with van der Waals surface area (Å²) >= 11 is 12.5. The van der Waals surface area contributed by atoms with Gasteiger partial charge in [-0.2, -0.15) is 0 Å². The molecule has 0 amide bonds. The summed E-state index contributed by atoms with van der Waals surface area (Å²) in [5.74, 6) is 0.875. The Balaban J connectivity index is 2.19. The van der Waals surface area contributed by atoms with Crippen LogP contribution >= 0.6 is 23.2 Å². The monoisotopic (exact) mass is 315 g/mol. The Bertz CT molecular complexity index is 424. The molecule has 0 aromatic heterocycles. The van der Waals surface area contributed by atoms with Crippen molar-refractivity contribution in [3.05, 3.63) is 33.8 Å². The minimum absolute atomic E-state index is 0.186. The van der Waals surface area contributed by atoms with Crippen LogP contribution in [0.1, 0.15) is 44.1 Å². The van der Waals surface area contributed by atoms with Gasteiger partial charge < -0.3 is 10.8 Å². The molecule has 1 aliphatic carbocycles. The van der Waals surface area contributed by atoms with Gasteiger partial charge in [-0.1, -0.05) is 49.0 Å². The van der Waals surface area contributed by atoms with Gasteiger partial charge in [-0.25, -0.2) is 0 Å². The van der Waals surface area contributed by atoms with Crippen LogP contribution in [0.25, 0.3) is 0 Å². The molecule has 3 N–H and O–H groups in total. The topological polar surface area (TPSA) is 46.2 Å². The molecule has 0 bridgehead atoms. The molecule has 2 nitrogen and oxygen atoms in total. The fourth-order valence-corrected chi connectivity index (χ4v) is 3.93. The van der Waals surface area contributed by atoms with Gasteiger partial charge in [0.1, 0.15) is 0 Å². The summed E-state index contributed by atoms with van der Waals surface area (Å²) in [6.07, 6.45) is 4.00. The molecule has 1 aromatic rings. The Morgan fingerprint density at radius 1 is 1.20 bits per heavy atom. The molecular weight excluding hydrogens is 293 g/mol. The van der Waals surface area contributed by atoms with Gasteiger partial charge in [0.2, 0.25) is 0 Å². The second-order valence-electron chi connectivity index (χ2n) is 5.99. The maximum Gasteiger partial charge on any atom is 0.0650 e. The third-order valence-corrected chi connectivity index (χ3v) is 5.24. The molecule has 0 saturated heterocycles. The molecule has 4 heteroatoms. The molecule has 1 fully saturated rings. The first-order chi connectivity index (χ1) is 9.54. The van der Waals surface area contributed by atoms with Crippen molar-refractivity contribution in [1.29, 1.82) is 0 Å². The van der Waals surface area contributed by atoms with E-state index in [2.05, 4.69) is 6.92 Å². The quantitative estimate of drug-likeness (QED) is 0.873. The third kappa shape index (κ3) is 3.48. The van der Waals surface area contributed by atoms with Crippen LogP contribution in [-0.4, -0.2) is 17.8 Å². The summed E-state index contributed by atoms with van der Waals surface area (Å²) in [5.41, 5.74) is 6.70. The highest BCUT2D eigenvalue weighted by Gasteiger charge is 2.32. The predicted molar refractivity (Wildman–Crippen MR) is 85.4 cm³/mol. The highest BCUT2D eigenvalue weighted by atomic mass is 35.5. The Labute approximate surface area is 131 Å². The molecule has 0 heterocycles. The van der Waals surface area contributed by atoms with Gasteiger partial charge in [0, 0.05) is 22.5 Å². The highest BCUT2D eigenvalue weighted by Crippen LogP contribution is 2.39. The first kappa shape index (κ1) is 16.1. The van der Waals surface area contributed by atoms with Crippen LogP contribution in [0, 0.1) is 11.8 Å². The van der Waals surface area contributed by atoms with Crippen LogP contribution in [0.4, 0.5) is 0 Å². The first-order valence-electron chi connectivity index (χ1n) is 7.36. The molecule has 2 atom stereocenters. The second kappa shape index (κ2) is 7.13. The number of aliphatic hydroxyl groups is 1. The van der Waals surface area contributed by atoms with Crippen molar-refractivity contribution < 1.29 is 5.11 Å². The lowest BCUT2D eigenvalue weighted by Gasteiger charge is -2.34. The summed E-state index contributed by atoms with van der Waals surface area (Å²) in [6.45, 7) is 2.63. The van der Waals surface area contributed by atoms with Gasteiger partial charge in [-0.3, -0.25) is 0 Å². The van der Waals surface area contributed by atoms with Gasteiger partial charge in [0.25, 0.3) is 0 Å². The number of hydrogen-bond acceptors (Lipinski definition) is 2. The van der Waals surface area contributed by atoms with Crippen LogP contribution in [0.2, 0.25) is 10.0 Å². The summed E-state index contributed by atoms with van der Waals surface area (Å²) in [6, 6.07) is 5.43. The summed E-state index contributed by atoms with van der Waals surface area (Å²) in [4.78, 5) is 0. The molecular formula is C16H23Cl2NO. The van der Waals surface area contributed by atoms with Crippen molar-refractivity contribution in [1.82, 2.24) is 0 Å². The number of halogens is 2. The molecule has 0 radical (unpaired) electrons. The van der Waals surface area contributed by atoms with Crippen molar-refractivity contribution in [2.75, 3.05) is 6.54 Å². The standard InChI is InChI=1S/C16H23Cl2NO/c1-10-5-7-11(8-6-10)16(20)12(9-19)15-13(17)3-2-4-14(15)18/h2-4,10-12,16,20H,5-9,19H2,1H3. The lowest BCUT2D eigenvalue weighted by atomic mass is 9.75. The van der Waals surface area contributed by atoms with Gasteiger partial charge in [-0.15, -0.1) is 0 Å². The van der Waals surface area contributed by atoms with Crippen molar-refractivity contribution >= 4 is 23.2 Å². The highest BCUT2D eigenvalue weighted by molar-refractivity contribution is 6.36. The Morgan fingerprint density at radius 3 is 2.25 bits per heavy atom. The maximum absolute atomic E-state index is 10.7. The second-order valence-corrected chi connectivity index (χ2v) is 6.80. The smallest absolute Gasteiger partial charge is 0.0650 e. The van der Waals surface area contributed by atoms with Crippen LogP contribution in [0.15, 0.2) is 18.2 Å². The molecule has 20 heavy (non-hydrogen) atoms. The molecule has 0 spiro atoms. The van der Waals surface area contributed by atoms with E-state index in [1.54, 1.807) is 12.1 Å². The number of aliphatic hydroxyl groups excluding tert-OH is 1. The summed E-state index contributed by atoms with van der Waals surface area (Å²) in [7, 11) is 0. The molecule has 1 aliphatic rings. The largest absolute Gasteiger partial charge is 0.392 e. The van der Waals surface area contributed by atoms with Crippen LogP contribution in [0.3, 0.4) is 0 Å². The maximum atomic E-state index is 10.7. The average Bonchev–Trinajstić information content (AvgIpc) is 2.43. The van der Waals surface area contributed by atoms with Gasteiger partial charge in [-0.05, 0) is 42.4 Å². The van der Waals surface area contributed by atoms with Crippen molar-refractivity contribution in [3.63, 3.8) is 0 Å². The minimum Gasteiger partial charge on any atom is -0.392 e. The van der Waals surface area contributed by atoms with Gasteiger partial charge >= 0.3 is 0 Å². The van der Waals surface area contributed by atoms with Gasteiger partial charge in [0.05, 0.1) is 6.10 Å². The third-order valence-electron chi connectivity index (χ3n) is 4.58. The van der Waals surface area contributed by atoms with E-state index in [9.17, 15) is 5.11 Å². The van der Waals surface area contributed by atoms with E-state index >= 15 is 0 Å². The zero-order valence-corrected chi connectivity index (χ0v) is 13.4. The van der Waals surface area contributed by atoms with E-state index in [4.69, 9.17) is 28.9 Å². The van der Waals surface area contributed by atoms with E-state index in [0.29, 0.717) is 22.5 Å². The number of nitrogens with two attached hydrogens (primary N) is 1. The van der Waals surface area contributed by atoms with Crippen molar-refractivity contribution in [3.8, 4) is 0 Å². The Kier molecular flexibility index (Phi) is 5.74. The Morgan fingerprint density at radius 2 is 1.75 bits per heavy atom. The van der Waals surface area contributed by atoms with E-state index in [1.807, 2.05) is 6.07 Å². The molecule has 1 aromatic carbocycles. The zero-order chi connectivity index (χ0) is 14.7. The fourth-order valence-electron chi connectivity index (χ4n) is 3.25.